The van der Waals surface area contributed by atoms with Gasteiger partial charge in [-0.25, -0.2) is 4.79 Å². The van der Waals surface area contributed by atoms with Crippen molar-refractivity contribution in [3.8, 4) is 0 Å². The van der Waals surface area contributed by atoms with Crippen molar-refractivity contribution in [3.63, 3.8) is 0 Å². The first-order valence-corrected chi connectivity index (χ1v) is 5.88. The highest BCUT2D eigenvalue weighted by molar-refractivity contribution is 5.96. The molecule has 0 saturated carbocycles. The number of carboxylic acid groups (broad SMARTS) is 1. The van der Waals surface area contributed by atoms with Crippen LogP contribution in [-0.2, 0) is 9.59 Å². The lowest BCUT2D eigenvalue weighted by atomic mass is 9.99. The summed E-state index contributed by atoms with van der Waals surface area (Å²) in [6, 6.07) is 7.89. The number of carbonyl (C=O) groups excluding carboxylic acids is 1. The summed E-state index contributed by atoms with van der Waals surface area (Å²) < 4.78 is 0. The van der Waals surface area contributed by atoms with E-state index in [1.807, 2.05) is 6.07 Å². The fraction of sp³-hybridized carbons (Fsp3) is 0.286. The Morgan fingerprint density at radius 2 is 2.00 bits per heavy atom. The van der Waals surface area contributed by atoms with E-state index in [0.29, 0.717) is 24.1 Å². The highest BCUT2D eigenvalue weighted by atomic mass is 16.4. The Labute approximate surface area is 106 Å². The number of benzene rings is 1. The highest BCUT2D eigenvalue weighted by Gasteiger charge is 2.33. The van der Waals surface area contributed by atoms with Gasteiger partial charge >= 0.3 is 5.97 Å². The van der Waals surface area contributed by atoms with Gasteiger partial charge in [0.1, 0.15) is 0 Å². The maximum atomic E-state index is 12.0. The number of carboxylic acids is 1. The lowest BCUT2D eigenvalue weighted by Crippen LogP contribution is -2.42. The molecule has 1 aromatic rings. The van der Waals surface area contributed by atoms with Crippen LogP contribution in [0.25, 0.3) is 0 Å². The zero-order chi connectivity index (χ0) is 13.1. The summed E-state index contributed by atoms with van der Waals surface area (Å²) in [5.74, 6) is -1.26. The molecule has 94 valence electrons. The Morgan fingerprint density at radius 3 is 2.61 bits per heavy atom. The quantitative estimate of drug-likeness (QED) is 0.828. The molecule has 1 fully saturated rings. The summed E-state index contributed by atoms with van der Waals surface area (Å²) in [6.45, 7) is 4.16. The van der Waals surface area contributed by atoms with E-state index < -0.39 is 12.0 Å². The van der Waals surface area contributed by atoms with Gasteiger partial charge in [-0.3, -0.25) is 4.79 Å². The summed E-state index contributed by atoms with van der Waals surface area (Å²) in [6.07, 6.45) is 1.41. The summed E-state index contributed by atoms with van der Waals surface area (Å²) >= 11 is 0. The van der Waals surface area contributed by atoms with Gasteiger partial charge in [0.05, 0.1) is 0 Å². The molecule has 0 bridgehead atoms. The zero-order valence-electron chi connectivity index (χ0n) is 10.0. The van der Waals surface area contributed by atoms with Crippen molar-refractivity contribution in [1.82, 2.24) is 4.90 Å². The molecule has 1 atom stereocenters. The van der Waals surface area contributed by atoms with E-state index in [-0.39, 0.29) is 5.91 Å². The first-order valence-electron chi connectivity index (χ1n) is 5.88. The van der Waals surface area contributed by atoms with Gasteiger partial charge in [0.2, 0.25) is 5.91 Å². The average Bonchev–Trinajstić information content (AvgIpc) is 2.36. The molecule has 1 amide bonds. The van der Waals surface area contributed by atoms with Crippen LogP contribution in [0, 0.1) is 0 Å². The Morgan fingerprint density at radius 1 is 1.33 bits per heavy atom. The van der Waals surface area contributed by atoms with Crippen LogP contribution >= 0.6 is 0 Å². The average molecular weight is 245 g/mol. The zero-order valence-corrected chi connectivity index (χ0v) is 10.0. The molecule has 0 aliphatic carbocycles. The first kappa shape index (κ1) is 12.4. The minimum atomic E-state index is -1.01. The van der Waals surface area contributed by atoms with Crippen LogP contribution < -0.4 is 0 Å². The molecule has 0 aromatic heterocycles. The highest BCUT2D eigenvalue weighted by Crippen LogP contribution is 2.27. The Bertz CT molecular complexity index is 481. The van der Waals surface area contributed by atoms with Crippen molar-refractivity contribution in [1.29, 1.82) is 0 Å². The second kappa shape index (κ2) is 5.04. The maximum absolute atomic E-state index is 12.0. The summed E-state index contributed by atoms with van der Waals surface area (Å²) in [5.41, 5.74) is 1.11. The Hall–Kier alpha value is -2.10. The molecule has 4 nitrogen and oxygen atoms in total. The van der Waals surface area contributed by atoms with Crippen LogP contribution in [0.5, 0.6) is 0 Å². The molecule has 18 heavy (non-hydrogen) atoms. The summed E-state index contributed by atoms with van der Waals surface area (Å²) in [5, 5.41) is 9.36. The molecule has 1 saturated heterocycles. The third kappa shape index (κ3) is 2.27. The minimum absolute atomic E-state index is 0.252. The van der Waals surface area contributed by atoms with Crippen molar-refractivity contribution in [2.75, 3.05) is 6.54 Å². The fourth-order valence-electron chi connectivity index (χ4n) is 2.21. The number of carbonyl (C=O) groups is 2. The Kier molecular flexibility index (Phi) is 3.46. The molecule has 0 spiro atoms. The van der Waals surface area contributed by atoms with Crippen LogP contribution in [0.1, 0.15) is 24.4 Å². The first-order chi connectivity index (χ1) is 8.61. The van der Waals surface area contributed by atoms with E-state index in [1.165, 1.54) is 4.90 Å². The number of aliphatic carboxylic acids is 1. The molecule has 4 heteroatoms. The third-order valence-corrected chi connectivity index (χ3v) is 3.10. The molecule has 0 radical (unpaired) electrons. The largest absolute Gasteiger partial charge is 0.479 e. The molecule has 1 aromatic carbocycles. The number of hydrogen-bond acceptors (Lipinski definition) is 2. The van der Waals surface area contributed by atoms with E-state index in [0.717, 1.165) is 6.42 Å². The summed E-state index contributed by atoms with van der Waals surface area (Å²) in [7, 11) is 0. The standard InChI is InChI=1S/C14H15NO3/c1-10-6-5-9-15(13(10)16)12(14(17)18)11-7-3-2-4-8-11/h2-4,7-8,12H,1,5-6,9H2,(H,17,18)/t12-/m1/s1. The van der Waals surface area contributed by atoms with Gasteiger partial charge in [-0.05, 0) is 18.4 Å². The van der Waals surface area contributed by atoms with Crippen LogP contribution in [0.2, 0.25) is 0 Å². The monoisotopic (exact) mass is 245 g/mol. The molecule has 1 aliphatic rings. The van der Waals surface area contributed by atoms with Crippen LogP contribution in [0.4, 0.5) is 0 Å². The van der Waals surface area contributed by atoms with E-state index in [1.54, 1.807) is 24.3 Å². The van der Waals surface area contributed by atoms with Gasteiger partial charge in [0.25, 0.3) is 0 Å². The molecule has 2 rings (SSSR count). The van der Waals surface area contributed by atoms with E-state index in [2.05, 4.69) is 6.58 Å². The number of hydrogen-bond donors (Lipinski definition) is 1. The number of likely N-dealkylation sites (tertiary alicyclic amines) is 1. The second-order valence-electron chi connectivity index (χ2n) is 4.36. The smallest absolute Gasteiger partial charge is 0.331 e. The number of amides is 1. The maximum Gasteiger partial charge on any atom is 0.331 e. The van der Waals surface area contributed by atoms with Crippen molar-refractivity contribution in [2.24, 2.45) is 0 Å². The lowest BCUT2D eigenvalue weighted by molar-refractivity contribution is -0.150. The normalized spacial score (nSPS) is 17.7. The van der Waals surface area contributed by atoms with Crippen molar-refractivity contribution < 1.29 is 14.7 Å². The van der Waals surface area contributed by atoms with Gasteiger partial charge in [0.15, 0.2) is 6.04 Å². The summed E-state index contributed by atoms with van der Waals surface area (Å²) in [4.78, 5) is 24.8. The van der Waals surface area contributed by atoms with Crippen LogP contribution in [-0.4, -0.2) is 28.4 Å². The molecule has 1 N–H and O–H groups in total. The number of rotatable bonds is 3. The van der Waals surface area contributed by atoms with Gasteiger partial charge < -0.3 is 10.0 Å². The van der Waals surface area contributed by atoms with E-state index in [4.69, 9.17) is 0 Å². The van der Waals surface area contributed by atoms with E-state index in [9.17, 15) is 14.7 Å². The van der Waals surface area contributed by atoms with Crippen molar-refractivity contribution in [2.45, 2.75) is 18.9 Å². The molecule has 1 aliphatic heterocycles. The van der Waals surface area contributed by atoms with Gasteiger partial charge in [0, 0.05) is 12.1 Å². The molecule has 1 heterocycles. The minimum Gasteiger partial charge on any atom is -0.479 e. The second-order valence-corrected chi connectivity index (χ2v) is 4.36. The number of nitrogens with zero attached hydrogens (tertiary/aromatic N) is 1. The predicted octanol–water partition coefficient (Wildman–Crippen LogP) is 1.99. The van der Waals surface area contributed by atoms with Crippen LogP contribution in [0.15, 0.2) is 42.5 Å². The molecular formula is C14H15NO3. The van der Waals surface area contributed by atoms with Crippen LogP contribution in [0.3, 0.4) is 0 Å². The fourth-order valence-corrected chi connectivity index (χ4v) is 2.21. The number of piperidine rings is 1. The van der Waals surface area contributed by atoms with Crippen molar-refractivity contribution >= 4 is 11.9 Å². The SMILES string of the molecule is C=C1CCCN([C@@H](C(=O)O)c2ccccc2)C1=O. The molecular weight excluding hydrogens is 230 g/mol. The van der Waals surface area contributed by atoms with Gasteiger partial charge in [-0.2, -0.15) is 0 Å². The van der Waals surface area contributed by atoms with Gasteiger partial charge in [-0.1, -0.05) is 36.9 Å². The third-order valence-electron chi connectivity index (χ3n) is 3.10. The molecule has 0 unspecified atom stereocenters. The lowest BCUT2D eigenvalue weighted by Gasteiger charge is -2.33. The Balaban J connectivity index is 2.34. The topological polar surface area (TPSA) is 57.6 Å². The van der Waals surface area contributed by atoms with E-state index >= 15 is 0 Å². The van der Waals surface area contributed by atoms with Gasteiger partial charge in [-0.15, -0.1) is 0 Å². The predicted molar refractivity (Wildman–Crippen MR) is 66.9 cm³/mol. The van der Waals surface area contributed by atoms with Crippen molar-refractivity contribution in [3.05, 3.63) is 48.0 Å².